The number of sulfone groups is 1. The molecular weight excluding hydrogens is 623 g/mol. The first-order valence-corrected chi connectivity index (χ1v) is 16.9. The van der Waals surface area contributed by atoms with Crippen LogP contribution >= 0.6 is 23.2 Å². The molecule has 1 aliphatic carbocycles. The maximum Gasteiger partial charge on any atom is 0.337 e. The number of pyridine rings is 1. The number of hydrogen-bond acceptors (Lipinski definition) is 6. The van der Waals surface area contributed by atoms with Gasteiger partial charge in [-0.2, -0.15) is 0 Å². The molecular formula is C33H36Cl2N2O6S. The van der Waals surface area contributed by atoms with Crippen LogP contribution in [0.25, 0.3) is 0 Å². The molecule has 1 saturated carbocycles. The molecule has 44 heavy (non-hydrogen) atoms. The number of amides is 1. The van der Waals surface area contributed by atoms with E-state index < -0.39 is 44.3 Å². The Kier molecular flexibility index (Phi) is 8.90. The second-order valence-corrected chi connectivity index (χ2v) is 16.5. The summed E-state index contributed by atoms with van der Waals surface area (Å²) < 4.78 is 33.2. The Balaban J connectivity index is 1.68. The monoisotopic (exact) mass is 658 g/mol. The number of benzene rings is 2. The lowest BCUT2D eigenvalue weighted by Gasteiger charge is -2.52. The summed E-state index contributed by atoms with van der Waals surface area (Å²) in [6.07, 6.45) is 2.17. The molecule has 4 atom stereocenters. The van der Waals surface area contributed by atoms with Gasteiger partial charge in [0, 0.05) is 34.4 Å². The standard InChI is InChI=1S/C33H36Cl2N2O6S/c1-32(2,3)44(41,42)19-27(20-8-9-20)37-28(21-10-13-24(34)14-11-21)29(22-6-5-7-25(35)16-22)43-33(4,31(37)40)17-26-15-12-23(18-36-26)30(38)39/h5-7,10-16,18,20,27-29H,8-9,17,19H2,1-4H3,(H,38,39)/t27?,28-,29-,33+/m1/s1. The minimum atomic E-state index is -3.63. The molecule has 2 fully saturated rings. The molecule has 0 bridgehead atoms. The van der Waals surface area contributed by atoms with E-state index in [1.54, 1.807) is 62.9 Å². The van der Waals surface area contributed by atoms with E-state index in [2.05, 4.69) is 4.98 Å². The predicted molar refractivity (Wildman–Crippen MR) is 170 cm³/mol. The van der Waals surface area contributed by atoms with Crippen LogP contribution in [-0.4, -0.2) is 57.4 Å². The molecule has 1 saturated heterocycles. The Morgan fingerprint density at radius 2 is 1.75 bits per heavy atom. The number of carbonyl (C=O) groups excluding carboxylic acids is 1. The van der Waals surface area contributed by atoms with Crippen LogP contribution in [0.4, 0.5) is 0 Å². The SMILES string of the molecule is CC(C)(C)S(=O)(=O)CC(C1CC1)N1C(=O)[C@](C)(Cc2ccc(C(=O)O)cn2)O[C@H](c2cccc(Cl)c2)[C@H]1c1ccc(Cl)cc1. The van der Waals surface area contributed by atoms with Crippen molar-refractivity contribution in [3.05, 3.63) is 99.3 Å². The Morgan fingerprint density at radius 3 is 2.30 bits per heavy atom. The van der Waals surface area contributed by atoms with E-state index in [0.29, 0.717) is 15.7 Å². The number of carbonyl (C=O) groups is 2. The third-order valence-corrected chi connectivity index (χ3v) is 11.6. The molecule has 1 N–H and O–H groups in total. The fourth-order valence-electron chi connectivity index (χ4n) is 5.74. The zero-order chi connectivity index (χ0) is 32.0. The number of halogens is 2. The van der Waals surface area contributed by atoms with Gasteiger partial charge in [0.2, 0.25) is 0 Å². The molecule has 2 aromatic carbocycles. The van der Waals surface area contributed by atoms with Crippen molar-refractivity contribution in [3.63, 3.8) is 0 Å². The Morgan fingerprint density at radius 1 is 1.07 bits per heavy atom. The van der Waals surface area contributed by atoms with E-state index in [0.717, 1.165) is 24.0 Å². The van der Waals surface area contributed by atoms with Crippen LogP contribution in [0.1, 0.15) is 79.9 Å². The highest BCUT2D eigenvalue weighted by molar-refractivity contribution is 7.92. The van der Waals surface area contributed by atoms with E-state index in [1.165, 1.54) is 12.3 Å². The quantitative estimate of drug-likeness (QED) is 0.271. The summed E-state index contributed by atoms with van der Waals surface area (Å²) in [4.78, 5) is 32.3. The number of aromatic carboxylic acids is 1. The predicted octanol–water partition coefficient (Wildman–Crippen LogP) is 6.72. The Hall–Kier alpha value is -2.98. The van der Waals surface area contributed by atoms with Crippen molar-refractivity contribution in [2.24, 2.45) is 5.92 Å². The van der Waals surface area contributed by atoms with Gasteiger partial charge in [0.05, 0.1) is 22.1 Å². The van der Waals surface area contributed by atoms with Gasteiger partial charge in [-0.1, -0.05) is 47.5 Å². The molecule has 2 heterocycles. The molecule has 1 aromatic heterocycles. The van der Waals surface area contributed by atoms with Gasteiger partial charge in [-0.25, -0.2) is 13.2 Å². The van der Waals surface area contributed by atoms with Gasteiger partial charge in [-0.3, -0.25) is 9.78 Å². The second-order valence-electron chi connectivity index (χ2n) is 12.9. The molecule has 1 aliphatic heterocycles. The lowest BCUT2D eigenvalue weighted by Crippen LogP contribution is -2.62. The molecule has 1 unspecified atom stereocenters. The third kappa shape index (κ3) is 6.66. The first-order valence-electron chi connectivity index (χ1n) is 14.5. The van der Waals surface area contributed by atoms with Gasteiger partial charge >= 0.3 is 5.97 Å². The van der Waals surface area contributed by atoms with Gasteiger partial charge in [-0.15, -0.1) is 0 Å². The third-order valence-electron chi connectivity index (χ3n) is 8.49. The average Bonchev–Trinajstić information content (AvgIpc) is 3.79. The molecule has 3 aromatic rings. The molecule has 234 valence electrons. The summed E-state index contributed by atoms with van der Waals surface area (Å²) in [6.45, 7) is 6.72. The van der Waals surface area contributed by atoms with Crippen LogP contribution in [0.2, 0.25) is 10.0 Å². The average molecular weight is 660 g/mol. The number of nitrogens with zero attached hydrogens (tertiary/aromatic N) is 2. The number of rotatable bonds is 9. The highest BCUT2D eigenvalue weighted by Gasteiger charge is 2.56. The second kappa shape index (κ2) is 12.1. The molecule has 0 spiro atoms. The maximum absolute atomic E-state index is 14.9. The van der Waals surface area contributed by atoms with Gasteiger partial charge < -0.3 is 14.7 Å². The number of carboxylic acid groups (broad SMARTS) is 1. The Labute approximate surface area is 268 Å². The van der Waals surface area contributed by atoms with Gasteiger partial charge in [0.25, 0.3) is 5.91 Å². The lowest BCUT2D eigenvalue weighted by atomic mass is 9.85. The zero-order valence-corrected chi connectivity index (χ0v) is 27.4. The molecule has 0 radical (unpaired) electrons. The summed E-state index contributed by atoms with van der Waals surface area (Å²) in [5.74, 6) is -1.66. The van der Waals surface area contributed by atoms with Gasteiger partial charge in [0.15, 0.2) is 15.4 Å². The number of ether oxygens (including phenoxy) is 1. The van der Waals surface area contributed by atoms with E-state index in [9.17, 15) is 23.1 Å². The number of hydrogen-bond donors (Lipinski definition) is 1. The van der Waals surface area contributed by atoms with E-state index in [1.807, 2.05) is 24.3 Å². The highest BCUT2D eigenvalue weighted by atomic mass is 35.5. The maximum atomic E-state index is 14.9. The van der Waals surface area contributed by atoms with Crippen LogP contribution in [0.5, 0.6) is 0 Å². The summed E-state index contributed by atoms with van der Waals surface area (Å²) >= 11 is 12.7. The first-order chi connectivity index (χ1) is 20.6. The molecule has 5 rings (SSSR count). The van der Waals surface area contributed by atoms with Crippen molar-refractivity contribution in [2.75, 3.05) is 5.75 Å². The van der Waals surface area contributed by atoms with Crippen molar-refractivity contribution in [1.29, 1.82) is 0 Å². The number of carboxylic acids is 1. The topological polar surface area (TPSA) is 114 Å². The summed E-state index contributed by atoms with van der Waals surface area (Å²) in [6, 6.07) is 16.1. The number of aromatic nitrogens is 1. The van der Waals surface area contributed by atoms with E-state index >= 15 is 0 Å². The van der Waals surface area contributed by atoms with E-state index in [-0.39, 0.29) is 29.6 Å². The molecule has 1 amide bonds. The van der Waals surface area contributed by atoms with Crippen LogP contribution in [-0.2, 0) is 25.8 Å². The minimum absolute atomic E-state index is 0.00112. The van der Waals surface area contributed by atoms with Crippen molar-refractivity contribution < 1.29 is 27.9 Å². The lowest BCUT2D eigenvalue weighted by molar-refractivity contribution is -0.202. The van der Waals surface area contributed by atoms with E-state index in [4.69, 9.17) is 27.9 Å². The summed E-state index contributed by atoms with van der Waals surface area (Å²) in [5, 5.41) is 10.4. The molecule has 11 heteroatoms. The van der Waals surface area contributed by atoms with Gasteiger partial charge in [-0.05, 0) is 94.0 Å². The fourth-order valence-corrected chi connectivity index (χ4v) is 7.45. The van der Waals surface area contributed by atoms with Crippen molar-refractivity contribution in [1.82, 2.24) is 9.88 Å². The minimum Gasteiger partial charge on any atom is -0.478 e. The van der Waals surface area contributed by atoms with Crippen molar-refractivity contribution in [3.8, 4) is 0 Å². The zero-order valence-electron chi connectivity index (χ0n) is 25.0. The van der Waals surface area contributed by atoms with Crippen molar-refractivity contribution in [2.45, 2.75) is 75.5 Å². The van der Waals surface area contributed by atoms with Crippen LogP contribution in [0.15, 0.2) is 66.9 Å². The summed E-state index contributed by atoms with van der Waals surface area (Å²) in [7, 11) is -3.63. The van der Waals surface area contributed by atoms with Crippen LogP contribution in [0.3, 0.4) is 0 Å². The highest BCUT2D eigenvalue weighted by Crippen LogP contribution is 2.50. The fraction of sp³-hybridized carbons (Fsp3) is 0.424. The smallest absolute Gasteiger partial charge is 0.337 e. The van der Waals surface area contributed by atoms with Crippen molar-refractivity contribution >= 4 is 44.9 Å². The first kappa shape index (κ1) is 32.4. The van der Waals surface area contributed by atoms with Gasteiger partial charge in [0.1, 0.15) is 6.10 Å². The molecule has 8 nitrogen and oxygen atoms in total. The van der Waals surface area contributed by atoms with Crippen LogP contribution in [0, 0.1) is 5.92 Å². The van der Waals surface area contributed by atoms with Crippen LogP contribution < -0.4 is 0 Å². The molecule has 2 aliphatic rings. The Bertz CT molecular complexity index is 1650. The normalized spacial score (nSPS) is 23.4. The summed E-state index contributed by atoms with van der Waals surface area (Å²) in [5.41, 5.74) is 0.496. The largest absolute Gasteiger partial charge is 0.478 e. The number of morpholine rings is 1.